The third-order valence-electron chi connectivity index (χ3n) is 5.04. The van der Waals surface area contributed by atoms with E-state index >= 15 is 0 Å². The van der Waals surface area contributed by atoms with E-state index in [-0.39, 0.29) is 24.3 Å². The second kappa shape index (κ2) is 9.35. The number of carboxylic acids is 1. The lowest BCUT2D eigenvalue weighted by Crippen LogP contribution is -2.30. The predicted octanol–water partition coefficient (Wildman–Crippen LogP) is 3.89. The molecule has 0 saturated carbocycles. The maximum absolute atomic E-state index is 13.9. The molecule has 1 aliphatic heterocycles. The summed E-state index contributed by atoms with van der Waals surface area (Å²) in [6.07, 6.45) is 1.52. The molecule has 2 N–H and O–H groups in total. The van der Waals surface area contributed by atoms with Crippen LogP contribution >= 0.6 is 0 Å². The fraction of sp³-hybridized carbons (Fsp3) is 0.261. The Morgan fingerprint density at radius 3 is 2.37 bits per heavy atom. The Morgan fingerprint density at radius 2 is 1.70 bits per heavy atom. The molecule has 1 unspecified atom stereocenters. The van der Waals surface area contributed by atoms with Crippen molar-refractivity contribution in [1.82, 2.24) is 4.90 Å². The number of ketones is 1. The molecule has 0 aromatic heterocycles. The van der Waals surface area contributed by atoms with Gasteiger partial charge in [0, 0.05) is 18.5 Å². The number of rotatable bonds is 8. The van der Waals surface area contributed by atoms with Crippen LogP contribution in [0.25, 0.3) is 5.76 Å². The number of Topliss-reactive ketones (excluding diaryl/α,β-unsaturated/α-hetero) is 1. The van der Waals surface area contributed by atoms with E-state index in [1.807, 2.05) is 0 Å². The number of aliphatic hydroxyl groups excluding tert-OH is 1. The van der Waals surface area contributed by atoms with Crippen LogP contribution in [0.5, 0.6) is 0 Å². The molecule has 3 rings (SSSR count). The summed E-state index contributed by atoms with van der Waals surface area (Å²) in [6, 6.07) is 13.1. The van der Waals surface area contributed by atoms with E-state index < -0.39 is 29.5 Å². The Balaban J connectivity index is 1.96. The number of unbranched alkanes of at least 4 members (excludes halogenated alkanes) is 2. The number of nitrogens with zero attached hydrogens (tertiary/aromatic N) is 1. The summed E-state index contributed by atoms with van der Waals surface area (Å²) in [5.74, 6) is -3.30. The fourth-order valence-electron chi connectivity index (χ4n) is 3.62. The van der Waals surface area contributed by atoms with Crippen molar-refractivity contribution in [3.63, 3.8) is 0 Å². The fourth-order valence-corrected chi connectivity index (χ4v) is 3.62. The number of aliphatic carboxylic acids is 1. The number of aliphatic hydroxyl groups is 1. The van der Waals surface area contributed by atoms with Crippen LogP contribution in [0.2, 0.25) is 0 Å². The molecule has 2 aromatic carbocycles. The zero-order valence-electron chi connectivity index (χ0n) is 16.3. The second-order valence-corrected chi connectivity index (χ2v) is 7.12. The van der Waals surface area contributed by atoms with Gasteiger partial charge in [-0.25, -0.2) is 4.39 Å². The molecule has 0 radical (unpaired) electrons. The molecule has 0 aliphatic carbocycles. The predicted molar refractivity (Wildman–Crippen MR) is 108 cm³/mol. The molecular weight excluding hydrogens is 389 g/mol. The van der Waals surface area contributed by atoms with Gasteiger partial charge in [-0.15, -0.1) is 0 Å². The Bertz CT molecular complexity index is 986. The quantitative estimate of drug-likeness (QED) is 0.297. The van der Waals surface area contributed by atoms with Crippen LogP contribution in [-0.4, -0.2) is 39.3 Å². The summed E-state index contributed by atoms with van der Waals surface area (Å²) >= 11 is 0. The third kappa shape index (κ3) is 4.56. The van der Waals surface area contributed by atoms with E-state index in [2.05, 4.69) is 0 Å². The molecule has 0 bridgehead atoms. The third-order valence-corrected chi connectivity index (χ3v) is 5.04. The van der Waals surface area contributed by atoms with Crippen LogP contribution in [0.1, 0.15) is 42.9 Å². The first-order valence-electron chi connectivity index (χ1n) is 9.71. The molecule has 1 amide bonds. The zero-order valence-corrected chi connectivity index (χ0v) is 16.3. The lowest BCUT2D eigenvalue weighted by atomic mass is 9.95. The molecule has 1 atom stereocenters. The van der Waals surface area contributed by atoms with Gasteiger partial charge < -0.3 is 15.1 Å². The van der Waals surface area contributed by atoms with Crippen molar-refractivity contribution in [2.45, 2.75) is 31.7 Å². The number of likely N-dealkylation sites (tertiary alicyclic amines) is 1. The highest BCUT2D eigenvalue weighted by Gasteiger charge is 2.45. The number of halogens is 1. The number of carbonyl (C=O) groups is 3. The molecule has 30 heavy (non-hydrogen) atoms. The highest BCUT2D eigenvalue weighted by Crippen LogP contribution is 2.39. The minimum Gasteiger partial charge on any atom is -0.507 e. The summed E-state index contributed by atoms with van der Waals surface area (Å²) in [4.78, 5) is 37.5. The normalized spacial score (nSPS) is 18.0. The number of hydrogen-bond acceptors (Lipinski definition) is 4. The summed E-state index contributed by atoms with van der Waals surface area (Å²) in [7, 11) is 0. The second-order valence-electron chi connectivity index (χ2n) is 7.12. The van der Waals surface area contributed by atoms with Gasteiger partial charge in [-0.05, 0) is 30.5 Å². The van der Waals surface area contributed by atoms with Crippen molar-refractivity contribution in [3.05, 3.63) is 77.1 Å². The number of carbonyl (C=O) groups excluding carboxylic acids is 2. The van der Waals surface area contributed by atoms with Crippen LogP contribution in [0.4, 0.5) is 4.39 Å². The zero-order chi connectivity index (χ0) is 21.7. The van der Waals surface area contributed by atoms with Crippen molar-refractivity contribution in [3.8, 4) is 0 Å². The Kier molecular flexibility index (Phi) is 6.61. The molecule has 0 spiro atoms. The average Bonchev–Trinajstić information content (AvgIpc) is 2.98. The van der Waals surface area contributed by atoms with Crippen molar-refractivity contribution in [2.75, 3.05) is 6.54 Å². The largest absolute Gasteiger partial charge is 0.507 e. The first-order valence-corrected chi connectivity index (χ1v) is 9.71. The smallest absolute Gasteiger partial charge is 0.303 e. The molecule has 1 aliphatic rings. The van der Waals surface area contributed by atoms with Crippen LogP contribution in [-0.2, 0) is 14.4 Å². The van der Waals surface area contributed by atoms with E-state index in [0.29, 0.717) is 30.4 Å². The number of amides is 1. The van der Waals surface area contributed by atoms with Crippen LogP contribution < -0.4 is 0 Å². The lowest BCUT2D eigenvalue weighted by Gasteiger charge is -2.25. The summed E-state index contributed by atoms with van der Waals surface area (Å²) in [6.45, 7) is 0.191. The molecule has 6 nitrogen and oxygen atoms in total. The number of carboxylic acid groups (broad SMARTS) is 1. The van der Waals surface area contributed by atoms with E-state index in [9.17, 15) is 23.9 Å². The molecule has 2 aromatic rings. The molecule has 1 fully saturated rings. The van der Waals surface area contributed by atoms with Crippen molar-refractivity contribution in [1.29, 1.82) is 0 Å². The molecule has 7 heteroatoms. The molecule has 1 saturated heterocycles. The monoisotopic (exact) mass is 411 g/mol. The van der Waals surface area contributed by atoms with Gasteiger partial charge in [0.05, 0.1) is 11.6 Å². The van der Waals surface area contributed by atoms with Gasteiger partial charge in [-0.1, -0.05) is 48.9 Å². The van der Waals surface area contributed by atoms with Crippen LogP contribution in [0, 0.1) is 5.82 Å². The van der Waals surface area contributed by atoms with Gasteiger partial charge in [0.2, 0.25) is 0 Å². The Labute approximate surface area is 173 Å². The Morgan fingerprint density at radius 1 is 0.967 bits per heavy atom. The number of hydrogen-bond donors (Lipinski definition) is 2. The van der Waals surface area contributed by atoms with Crippen molar-refractivity contribution in [2.24, 2.45) is 0 Å². The highest BCUT2D eigenvalue weighted by molar-refractivity contribution is 6.46. The first kappa shape index (κ1) is 21.2. The van der Waals surface area contributed by atoms with Gasteiger partial charge >= 0.3 is 5.97 Å². The summed E-state index contributed by atoms with van der Waals surface area (Å²) < 4.78 is 13.9. The molecular formula is C23H22FNO5. The minimum absolute atomic E-state index is 0.0279. The summed E-state index contributed by atoms with van der Waals surface area (Å²) in [5, 5.41) is 19.6. The van der Waals surface area contributed by atoms with E-state index in [0.717, 1.165) is 0 Å². The molecule has 1 heterocycles. The summed E-state index contributed by atoms with van der Waals surface area (Å²) in [5.41, 5.74) is 0.693. The average molecular weight is 411 g/mol. The van der Waals surface area contributed by atoms with Gasteiger partial charge in [0.25, 0.3) is 11.7 Å². The number of benzene rings is 2. The first-order chi connectivity index (χ1) is 14.4. The van der Waals surface area contributed by atoms with Gasteiger partial charge in [0.1, 0.15) is 11.6 Å². The maximum atomic E-state index is 13.9. The van der Waals surface area contributed by atoms with Gasteiger partial charge in [0.15, 0.2) is 0 Å². The van der Waals surface area contributed by atoms with Crippen molar-refractivity contribution < 1.29 is 29.0 Å². The van der Waals surface area contributed by atoms with Crippen molar-refractivity contribution >= 4 is 23.4 Å². The van der Waals surface area contributed by atoms with Gasteiger partial charge in [-0.2, -0.15) is 0 Å². The van der Waals surface area contributed by atoms with Crippen LogP contribution in [0.3, 0.4) is 0 Å². The van der Waals surface area contributed by atoms with Crippen LogP contribution in [0.15, 0.2) is 60.2 Å². The SMILES string of the molecule is O=C(O)CCCCCN1C(=O)C(=O)/C(=C(/O)c2ccccc2)C1c1cccc(F)c1. The minimum atomic E-state index is -0.916. The lowest BCUT2D eigenvalue weighted by molar-refractivity contribution is -0.140. The van der Waals surface area contributed by atoms with Gasteiger partial charge in [-0.3, -0.25) is 14.4 Å². The Hall–Kier alpha value is -3.48. The van der Waals surface area contributed by atoms with E-state index in [4.69, 9.17) is 5.11 Å². The maximum Gasteiger partial charge on any atom is 0.303 e. The van der Waals surface area contributed by atoms with E-state index in [1.54, 1.807) is 36.4 Å². The molecule has 156 valence electrons. The topological polar surface area (TPSA) is 94.9 Å². The highest BCUT2D eigenvalue weighted by atomic mass is 19.1. The van der Waals surface area contributed by atoms with E-state index in [1.165, 1.54) is 23.1 Å². The standard InChI is InChI=1S/C23H22FNO5/c24-17-11-7-10-16(14-17)20-19(21(28)15-8-3-1-4-9-15)22(29)23(30)25(20)13-6-2-5-12-18(26)27/h1,3-4,7-11,14,20,28H,2,5-6,12-13H2,(H,26,27)/b21-19+.